The number of methoxy groups -OCH3 is 1. The minimum atomic E-state index is -0.162. The van der Waals surface area contributed by atoms with E-state index in [1.807, 2.05) is 24.3 Å². The summed E-state index contributed by atoms with van der Waals surface area (Å²) in [5.74, 6) is 2.27. The van der Waals surface area contributed by atoms with Crippen molar-refractivity contribution in [2.75, 3.05) is 27.2 Å². The van der Waals surface area contributed by atoms with Crippen molar-refractivity contribution < 1.29 is 18.7 Å². The summed E-state index contributed by atoms with van der Waals surface area (Å²) in [4.78, 5) is 14.5. The summed E-state index contributed by atoms with van der Waals surface area (Å²) in [6.45, 7) is 2.28. The Morgan fingerprint density at radius 3 is 2.52 bits per heavy atom. The van der Waals surface area contributed by atoms with Gasteiger partial charge in [-0.1, -0.05) is 0 Å². The van der Waals surface area contributed by atoms with Gasteiger partial charge in [0.05, 0.1) is 7.11 Å². The molecule has 2 aromatic rings. The average Bonchev–Trinajstić information content (AvgIpc) is 3.11. The van der Waals surface area contributed by atoms with Gasteiger partial charge in [0.25, 0.3) is 5.91 Å². The van der Waals surface area contributed by atoms with Gasteiger partial charge in [-0.25, -0.2) is 0 Å². The Morgan fingerprint density at radius 1 is 1.16 bits per heavy atom. The highest BCUT2D eigenvalue weighted by Crippen LogP contribution is 2.19. The maximum Gasteiger partial charge on any atom is 0.287 e. The zero-order valence-electron chi connectivity index (χ0n) is 14.7. The molecule has 0 unspecified atom stereocenters. The number of piperidine rings is 1. The molecule has 1 aliphatic rings. The summed E-state index contributed by atoms with van der Waals surface area (Å²) in [6, 6.07) is 11.0. The largest absolute Gasteiger partial charge is 0.497 e. The molecule has 1 aliphatic heterocycles. The van der Waals surface area contributed by atoms with Gasteiger partial charge >= 0.3 is 0 Å². The third-order valence-electron chi connectivity index (χ3n) is 4.38. The van der Waals surface area contributed by atoms with Gasteiger partial charge in [0, 0.05) is 6.04 Å². The zero-order valence-corrected chi connectivity index (χ0v) is 14.7. The predicted molar refractivity (Wildman–Crippen MR) is 94.0 cm³/mol. The summed E-state index contributed by atoms with van der Waals surface area (Å²) in [6.07, 6.45) is 1.94. The fourth-order valence-electron chi connectivity index (χ4n) is 2.81. The van der Waals surface area contributed by atoms with Crippen LogP contribution >= 0.6 is 0 Å². The second kappa shape index (κ2) is 8.07. The summed E-state index contributed by atoms with van der Waals surface area (Å²) in [5.41, 5.74) is 0. The molecule has 1 aromatic heterocycles. The number of benzene rings is 1. The number of carbonyl (C=O) groups excluding carboxylic acids is 1. The van der Waals surface area contributed by atoms with E-state index < -0.39 is 0 Å². The monoisotopic (exact) mass is 344 g/mol. The van der Waals surface area contributed by atoms with Crippen molar-refractivity contribution in [2.45, 2.75) is 25.5 Å². The van der Waals surface area contributed by atoms with Gasteiger partial charge in [-0.05, 0) is 69.4 Å². The first-order chi connectivity index (χ1) is 12.1. The van der Waals surface area contributed by atoms with Gasteiger partial charge in [0.2, 0.25) is 0 Å². The molecule has 25 heavy (non-hydrogen) atoms. The third-order valence-corrected chi connectivity index (χ3v) is 4.38. The van der Waals surface area contributed by atoms with Crippen LogP contribution in [0, 0.1) is 0 Å². The quantitative estimate of drug-likeness (QED) is 0.873. The molecule has 1 fully saturated rings. The molecule has 6 nitrogen and oxygen atoms in total. The number of hydrogen-bond acceptors (Lipinski definition) is 5. The smallest absolute Gasteiger partial charge is 0.287 e. The number of nitrogens with one attached hydrogen (secondary N) is 1. The van der Waals surface area contributed by atoms with E-state index in [4.69, 9.17) is 13.9 Å². The van der Waals surface area contributed by atoms with Crippen LogP contribution in [0.2, 0.25) is 0 Å². The molecule has 3 rings (SSSR count). The Kier molecular flexibility index (Phi) is 5.60. The van der Waals surface area contributed by atoms with Crippen molar-refractivity contribution in [3.63, 3.8) is 0 Å². The van der Waals surface area contributed by atoms with E-state index in [9.17, 15) is 4.79 Å². The molecule has 0 spiro atoms. The Balaban J connectivity index is 1.50. The topological polar surface area (TPSA) is 63.9 Å². The molecule has 2 heterocycles. The lowest BCUT2D eigenvalue weighted by Gasteiger charge is -2.29. The molecular formula is C19H24N2O4. The second-order valence-corrected chi connectivity index (χ2v) is 6.28. The van der Waals surface area contributed by atoms with Crippen LogP contribution in [0.15, 0.2) is 40.8 Å². The van der Waals surface area contributed by atoms with Gasteiger partial charge < -0.3 is 24.1 Å². The molecule has 0 aliphatic carbocycles. The molecule has 0 radical (unpaired) electrons. The highest BCUT2D eigenvalue weighted by Gasteiger charge is 2.20. The summed E-state index contributed by atoms with van der Waals surface area (Å²) in [7, 11) is 3.72. The molecule has 0 bridgehead atoms. The van der Waals surface area contributed by atoms with E-state index in [0.29, 0.717) is 11.5 Å². The number of furan rings is 1. The van der Waals surface area contributed by atoms with E-state index in [-0.39, 0.29) is 18.6 Å². The standard InChI is InChI=1S/C19H24N2O4/c1-21-11-9-14(10-12-21)20-19(22)18-8-7-17(25-18)13-24-16-5-3-15(23-2)4-6-16/h3-8,14H,9-13H2,1-2H3,(H,20,22). The lowest BCUT2D eigenvalue weighted by molar-refractivity contribution is 0.0884. The maximum atomic E-state index is 12.3. The zero-order chi connectivity index (χ0) is 17.6. The van der Waals surface area contributed by atoms with Crippen LogP contribution in [0.3, 0.4) is 0 Å². The van der Waals surface area contributed by atoms with Crippen LogP contribution < -0.4 is 14.8 Å². The third kappa shape index (κ3) is 4.76. The number of nitrogens with zero attached hydrogens (tertiary/aromatic N) is 1. The highest BCUT2D eigenvalue weighted by molar-refractivity contribution is 5.91. The van der Waals surface area contributed by atoms with Crippen molar-refractivity contribution in [1.82, 2.24) is 10.2 Å². The summed E-state index contributed by atoms with van der Waals surface area (Å²) in [5, 5.41) is 3.04. The Morgan fingerprint density at radius 2 is 1.84 bits per heavy atom. The number of amides is 1. The number of carbonyl (C=O) groups is 1. The molecule has 134 valence electrons. The van der Waals surface area contributed by atoms with E-state index in [2.05, 4.69) is 17.3 Å². The lowest BCUT2D eigenvalue weighted by Crippen LogP contribution is -2.43. The van der Waals surface area contributed by atoms with E-state index in [0.717, 1.165) is 37.4 Å². The Bertz CT molecular complexity index is 688. The minimum absolute atomic E-state index is 0.162. The van der Waals surface area contributed by atoms with Crippen molar-refractivity contribution >= 4 is 5.91 Å². The van der Waals surface area contributed by atoms with Crippen LogP contribution in [0.5, 0.6) is 11.5 Å². The molecule has 0 saturated carbocycles. The van der Waals surface area contributed by atoms with Gasteiger partial charge in [0.15, 0.2) is 5.76 Å². The first-order valence-corrected chi connectivity index (χ1v) is 8.49. The van der Waals surface area contributed by atoms with Gasteiger partial charge in [0.1, 0.15) is 23.9 Å². The number of ether oxygens (including phenoxy) is 2. The maximum absolute atomic E-state index is 12.3. The van der Waals surface area contributed by atoms with Gasteiger partial charge in [-0.15, -0.1) is 0 Å². The number of hydrogen-bond donors (Lipinski definition) is 1. The second-order valence-electron chi connectivity index (χ2n) is 6.28. The predicted octanol–water partition coefficient (Wildman–Crippen LogP) is 2.69. The summed E-state index contributed by atoms with van der Waals surface area (Å²) < 4.78 is 16.4. The minimum Gasteiger partial charge on any atom is -0.497 e. The van der Waals surface area contributed by atoms with Crippen LogP contribution in [0.4, 0.5) is 0 Å². The first-order valence-electron chi connectivity index (χ1n) is 8.49. The van der Waals surface area contributed by atoms with Gasteiger partial charge in [-0.3, -0.25) is 4.79 Å². The van der Waals surface area contributed by atoms with Crippen molar-refractivity contribution in [2.24, 2.45) is 0 Å². The number of rotatable bonds is 6. The average molecular weight is 344 g/mol. The Hall–Kier alpha value is -2.47. The summed E-state index contributed by atoms with van der Waals surface area (Å²) >= 11 is 0. The Labute approximate surface area is 147 Å². The lowest BCUT2D eigenvalue weighted by atomic mass is 10.1. The molecule has 1 N–H and O–H groups in total. The first kappa shape index (κ1) is 17.4. The normalized spacial score (nSPS) is 15.8. The van der Waals surface area contributed by atoms with Crippen molar-refractivity contribution in [3.05, 3.63) is 47.9 Å². The molecule has 0 atom stereocenters. The molecule has 1 aromatic carbocycles. The van der Waals surface area contributed by atoms with E-state index in [1.165, 1.54) is 0 Å². The number of likely N-dealkylation sites (tertiary alicyclic amines) is 1. The van der Waals surface area contributed by atoms with Crippen molar-refractivity contribution in [3.8, 4) is 11.5 Å². The SMILES string of the molecule is COc1ccc(OCc2ccc(C(=O)NC3CCN(C)CC3)o2)cc1. The fourth-order valence-corrected chi connectivity index (χ4v) is 2.81. The molecule has 1 amide bonds. The highest BCUT2D eigenvalue weighted by atomic mass is 16.5. The van der Waals surface area contributed by atoms with Crippen molar-refractivity contribution in [1.29, 1.82) is 0 Å². The van der Waals surface area contributed by atoms with E-state index >= 15 is 0 Å². The molecule has 6 heteroatoms. The van der Waals surface area contributed by atoms with Crippen LogP contribution in [0.1, 0.15) is 29.2 Å². The fraction of sp³-hybridized carbons (Fsp3) is 0.421. The van der Waals surface area contributed by atoms with Crippen LogP contribution in [0.25, 0.3) is 0 Å². The van der Waals surface area contributed by atoms with Gasteiger partial charge in [-0.2, -0.15) is 0 Å². The van der Waals surface area contributed by atoms with Crippen LogP contribution in [-0.2, 0) is 6.61 Å². The van der Waals surface area contributed by atoms with E-state index in [1.54, 1.807) is 19.2 Å². The molecule has 1 saturated heterocycles. The van der Waals surface area contributed by atoms with Crippen LogP contribution in [-0.4, -0.2) is 44.1 Å². The molecular weight excluding hydrogens is 320 g/mol.